The van der Waals surface area contributed by atoms with Gasteiger partial charge in [-0.3, -0.25) is 19.2 Å². The van der Waals surface area contributed by atoms with Crippen molar-refractivity contribution >= 4 is 50.8 Å². The number of amides is 1. The Morgan fingerprint density at radius 2 is 1.56 bits per heavy atom. The standard InChI is InChI=1S/C43H54N2O12/c1-18-14-13-15-19(2)42(53)44-33-30-28(25(8)46)24(7)45(11)34(30)29-31(38(33)51)37(50)23(6)40-32(29)41(52)43(10,57-40)55-17-16-27(54-12)20(3)39(56-26(9)47)22(5)36(49)21(4)35(18)48/h13-18,20-22,27,35-36,39,48-51H,1-12H3,(H,44,53)/b14-13+,17-16+,19-15-/t18-,20-,21-,22-,27+,35+,36+,39-,43+/m1/s1. The summed E-state index contributed by atoms with van der Waals surface area (Å²) in [6.07, 6.45) is 3.69. The van der Waals surface area contributed by atoms with E-state index in [2.05, 4.69) is 5.32 Å². The maximum absolute atomic E-state index is 14.6. The third-order valence-electron chi connectivity index (χ3n) is 11.8. The third kappa shape index (κ3) is 7.30. The number of benzene rings is 2. The Labute approximate surface area is 331 Å². The van der Waals surface area contributed by atoms with Crippen LogP contribution in [0.1, 0.15) is 87.4 Å². The number of ketones is 2. The number of methoxy groups -OCH3 is 1. The molecule has 0 aliphatic carbocycles. The molecule has 3 aromatic rings. The van der Waals surface area contributed by atoms with Crippen molar-refractivity contribution in [2.45, 2.75) is 99.4 Å². The molecule has 2 aromatic carbocycles. The number of aliphatic hydroxyl groups excluding tert-OH is 2. The highest BCUT2D eigenvalue weighted by Gasteiger charge is 2.50. The number of anilines is 1. The fourth-order valence-corrected chi connectivity index (χ4v) is 8.25. The molecular weight excluding hydrogens is 736 g/mol. The van der Waals surface area contributed by atoms with Crippen LogP contribution in [0.5, 0.6) is 17.2 Å². The number of ether oxygens (including phenoxy) is 4. The normalized spacial score (nSPS) is 30.7. The first-order chi connectivity index (χ1) is 26.6. The molecule has 0 saturated carbocycles. The van der Waals surface area contributed by atoms with E-state index in [1.54, 1.807) is 65.3 Å². The Bertz CT molecular complexity index is 2250. The molecule has 0 saturated heterocycles. The predicted octanol–water partition coefficient (Wildman–Crippen LogP) is 6.05. The number of aromatic nitrogens is 1. The summed E-state index contributed by atoms with van der Waals surface area (Å²) in [7, 11) is 3.12. The monoisotopic (exact) mass is 790 g/mol. The maximum atomic E-state index is 14.6. The van der Waals surface area contributed by atoms with Crippen LogP contribution >= 0.6 is 0 Å². The molecule has 0 radical (unpaired) electrons. The minimum atomic E-state index is -1.99. The van der Waals surface area contributed by atoms with Crippen molar-refractivity contribution < 1.29 is 58.6 Å². The lowest BCUT2D eigenvalue weighted by Crippen LogP contribution is -2.46. The van der Waals surface area contributed by atoms with Crippen molar-refractivity contribution in [1.82, 2.24) is 4.57 Å². The van der Waals surface area contributed by atoms with Gasteiger partial charge < -0.3 is 49.3 Å². The zero-order valence-corrected chi connectivity index (χ0v) is 34.5. The molecule has 9 atom stereocenters. The van der Waals surface area contributed by atoms with E-state index in [1.165, 1.54) is 53.2 Å². The zero-order valence-electron chi connectivity index (χ0n) is 34.5. The van der Waals surface area contributed by atoms with Gasteiger partial charge in [-0.2, -0.15) is 0 Å². The molecule has 0 unspecified atom stereocenters. The number of fused-ring (bicyclic) bond motifs is 1. The first-order valence-corrected chi connectivity index (χ1v) is 19.0. The van der Waals surface area contributed by atoms with Gasteiger partial charge in [-0.25, -0.2) is 0 Å². The van der Waals surface area contributed by atoms with Gasteiger partial charge >= 0.3 is 11.8 Å². The van der Waals surface area contributed by atoms with Crippen LogP contribution in [0.4, 0.5) is 5.69 Å². The number of carbonyl (C=O) groups excluding carboxylic acids is 4. The third-order valence-corrected chi connectivity index (χ3v) is 11.8. The highest BCUT2D eigenvalue weighted by molar-refractivity contribution is 6.31. The van der Waals surface area contributed by atoms with Crippen molar-refractivity contribution in [3.05, 3.63) is 58.5 Å². The molecule has 5 N–H and O–H groups in total. The molecule has 57 heavy (non-hydrogen) atoms. The number of allylic oxidation sites excluding steroid dienone is 2. The summed E-state index contributed by atoms with van der Waals surface area (Å²) in [6, 6.07) is 0. The molecule has 14 nitrogen and oxygen atoms in total. The summed E-state index contributed by atoms with van der Waals surface area (Å²) in [5.74, 6) is -7.68. The van der Waals surface area contributed by atoms with E-state index < -0.39 is 83.0 Å². The summed E-state index contributed by atoms with van der Waals surface area (Å²) in [6.45, 7) is 15.7. The summed E-state index contributed by atoms with van der Waals surface area (Å²) in [5.41, 5.74) is 1.09. The second-order valence-corrected chi connectivity index (χ2v) is 15.7. The van der Waals surface area contributed by atoms with E-state index in [4.69, 9.17) is 18.9 Å². The average Bonchev–Trinajstić information content (AvgIpc) is 3.58. The van der Waals surface area contributed by atoms with Crippen molar-refractivity contribution in [1.29, 1.82) is 0 Å². The minimum absolute atomic E-state index is 0.00219. The van der Waals surface area contributed by atoms with E-state index in [9.17, 15) is 39.6 Å². The number of carbonyl (C=O) groups is 4. The number of nitrogens with zero attached hydrogens (tertiary/aromatic N) is 1. The van der Waals surface area contributed by atoms with Gasteiger partial charge in [-0.1, -0.05) is 45.9 Å². The lowest BCUT2D eigenvalue weighted by atomic mass is 9.78. The van der Waals surface area contributed by atoms with Crippen LogP contribution in [0.25, 0.3) is 21.7 Å². The summed E-state index contributed by atoms with van der Waals surface area (Å²) in [4.78, 5) is 54.0. The smallest absolute Gasteiger partial charge is 0.312 e. The first-order valence-electron chi connectivity index (χ1n) is 19.0. The molecular formula is C43H54N2O12. The van der Waals surface area contributed by atoms with Crippen LogP contribution in [-0.4, -0.2) is 85.7 Å². The van der Waals surface area contributed by atoms with Gasteiger partial charge in [0.25, 0.3) is 11.7 Å². The summed E-state index contributed by atoms with van der Waals surface area (Å²) in [5, 5.41) is 49.4. The summed E-state index contributed by atoms with van der Waals surface area (Å²) < 4.78 is 25.4. The van der Waals surface area contributed by atoms with Gasteiger partial charge in [0.1, 0.15) is 17.6 Å². The Balaban J connectivity index is 1.79. The number of hydrogen-bond donors (Lipinski definition) is 5. The number of aromatic hydroxyl groups is 2. The van der Waals surface area contributed by atoms with Gasteiger partial charge in [0.2, 0.25) is 0 Å². The molecule has 3 heterocycles. The highest BCUT2D eigenvalue weighted by atomic mass is 16.7. The van der Waals surface area contributed by atoms with Crippen LogP contribution in [0.15, 0.2) is 36.1 Å². The Hall–Kier alpha value is -5.18. The molecule has 2 aliphatic rings. The van der Waals surface area contributed by atoms with Crippen molar-refractivity contribution in [3.63, 3.8) is 0 Å². The largest absolute Gasteiger partial charge is 0.507 e. The van der Waals surface area contributed by atoms with Gasteiger partial charge in [0, 0.05) is 84.8 Å². The topological polar surface area (TPSA) is 203 Å². The number of phenolic OH excluding ortho intramolecular Hbond substituents is 2. The molecule has 0 fully saturated rings. The predicted molar refractivity (Wildman–Crippen MR) is 213 cm³/mol. The first kappa shape index (κ1) is 43.0. The van der Waals surface area contributed by atoms with Crippen LogP contribution in [-0.2, 0) is 30.8 Å². The average molecular weight is 791 g/mol. The van der Waals surface area contributed by atoms with Gasteiger partial charge in [-0.15, -0.1) is 0 Å². The zero-order chi connectivity index (χ0) is 42.6. The van der Waals surface area contributed by atoms with Crippen LogP contribution in [0.2, 0.25) is 0 Å². The Morgan fingerprint density at radius 1 is 0.912 bits per heavy atom. The fourth-order valence-electron chi connectivity index (χ4n) is 8.25. The fraction of sp³-hybridized carbons (Fsp3) is 0.488. The molecule has 0 spiro atoms. The second kappa shape index (κ2) is 16.0. The van der Waals surface area contributed by atoms with E-state index in [1.807, 2.05) is 0 Å². The number of hydrogen-bond acceptors (Lipinski definition) is 12. The van der Waals surface area contributed by atoms with E-state index in [0.717, 1.165) is 0 Å². The number of phenols is 2. The van der Waals surface area contributed by atoms with Gasteiger partial charge in [0.05, 0.1) is 46.7 Å². The molecule has 5 rings (SSSR count). The molecule has 14 heteroatoms. The SMILES string of the molecule is CO[C@H]1/C=C/O[C@@]2(C)Oc3c(C)c(O)c4c(O)c(c5c(C(C)=O)c(C)n(C)c5c4c3C2=O)NC(=O)/C(C)=C\C=C\[C@@H](C)[C@H](O)[C@@H](C)[C@H](O)[C@@H](C)[C@H](OC(C)=O)[C@@H]1C. The quantitative estimate of drug-likeness (QED) is 0.117. The Kier molecular flexibility index (Phi) is 12.0. The van der Waals surface area contributed by atoms with E-state index in [0.29, 0.717) is 5.69 Å². The van der Waals surface area contributed by atoms with E-state index >= 15 is 0 Å². The van der Waals surface area contributed by atoms with Crippen LogP contribution in [0, 0.1) is 37.5 Å². The lowest BCUT2D eigenvalue weighted by molar-refractivity contribution is -0.160. The molecule has 1 aromatic heterocycles. The van der Waals surface area contributed by atoms with Crippen molar-refractivity contribution in [2.24, 2.45) is 30.7 Å². The number of Topliss-reactive ketones (excluding diaryl/α,β-unsaturated/α-hetero) is 2. The molecule has 308 valence electrons. The maximum Gasteiger partial charge on any atom is 0.312 e. The van der Waals surface area contributed by atoms with Crippen LogP contribution in [0.3, 0.4) is 0 Å². The molecule has 4 bridgehead atoms. The number of aryl methyl sites for hydroxylation is 1. The molecule has 2 aliphatic heterocycles. The number of aliphatic hydroxyl groups is 2. The lowest BCUT2D eigenvalue weighted by Gasteiger charge is -2.38. The van der Waals surface area contributed by atoms with Crippen molar-refractivity contribution in [3.8, 4) is 17.2 Å². The summed E-state index contributed by atoms with van der Waals surface area (Å²) >= 11 is 0. The Morgan fingerprint density at radius 3 is 2.16 bits per heavy atom. The molecule has 1 amide bonds. The highest BCUT2D eigenvalue weighted by Crippen LogP contribution is 2.55. The minimum Gasteiger partial charge on any atom is -0.507 e. The second-order valence-electron chi connectivity index (χ2n) is 15.7. The number of rotatable bonds is 3. The van der Waals surface area contributed by atoms with E-state index in [-0.39, 0.29) is 61.2 Å². The number of esters is 1. The van der Waals surface area contributed by atoms with Crippen molar-refractivity contribution in [2.75, 3.05) is 12.4 Å². The van der Waals surface area contributed by atoms with Crippen LogP contribution < -0.4 is 10.1 Å². The van der Waals surface area contributed by atoms with Gasteiger partial charge in [-0.05, 0) is 33.8 Å². The number of nitrogens with one attached hydrogen (secondary N) is 1. The van der Waals surface area contributed by atoms with Gasteiger partial charge in [0.15, 0.2) is 11.5 Å².